The summed E-state index contributed by atoms with van der Waals surface area (Å²) in [5.74, 6) is -1.36. The average molecular weight is 276 g/mol. The molecule has 6 heteroatoms. The first-order valence-corrected chi connectivity index (χ1v) is 4.87. The molecule has 0 saturated heterocycles. The summed E-state index contributed by atoms with van der Waals surface area (Å²) in [4.78, 5) is 22.6. The zero-order valence-corrected chi connectivity index (χ0v) is 10.1. The molecule has 15 heavy (non-hydrogen) atoms. The molecule has 0 saturated carbocycles. The van der Waals surface area contributed by atoms with Crippen LogP contribution in [0.15, 0.2) is 9.27 Å². The van der Waals surface area contributed by atoms with Crippen LogP contribution in [0.3, 0.4) is 0 Å². The molecule has 1 aromatic rings. The smallest absolute Gasteiger partial charge is 0.340 e. The van der Waals surface area contributed by atoms with Crippen LogP contribution in [-0.4, -0.2) is 22.8 Å². The third-order valence-electron chi connectivity index (χ3n) is 2.18. The summed E-state index contributed by atoms with van der Waals surface area (Å²) < 4.78 is 6.49. The van der Waals surface area contributed by atoms with Crippen molar-refractivity contribution >= 4 is 21.9 Å². The minimum absolute atomic E-state index is 0.141. The van der Waals surface area contributed by atoms with Crippen LogP contribution >= 0.6 is 15.9 Å². The first-order chi connectivity index (χ1) is 6.91. The molecule has 5 nitrogen and oxygen atoms in total. The SMILES string of the molecule is COc1c(C(=O)O)c(Br)c(C)n(C)c1=O. The Morgan fingerprint density at radius 3 is 2.47 bits per heavy atom. The van der Waals surface area contributed by atoms with Gasteiger partial charge in [-0.25, -0.2) is 4.79 Å². The number of rotatable bonds is 2. The summed E-state index contributed by atoms with van der Waals surface area (Å²) in [5, 5.41) is 8.96. The van der Waals surface area contributed by atoms with Crippen LogP contribution in [0.25, 0.3) is 0 Å². The fourth-order valence-electron chi connectivity index (χ4n) is 1.22. The second kappa shape index (κ2) is 4.06. The van der Waals surface area contributed by atoms with E-state index in [9.17, 15) is 9.59 Å². The molecular formula is C9H10BrNO4. The number of nitrogens with zero attached hydrogens (tertiary/aromatic N) is 1. The van der Waals surface area contributed by atoms with Gasteiger partial charge in [0, 0.05) is 12.7 Å². The van der Waals surface area contributed by atoms with Gasteiger partial charge < -0.3 is 14.4 Å². The van der Waals surface area contributed by atoms with Gasteiger partial charge in [-0.15, -0.1) is 0 Å². The number of aromatic nitrogens is 1. The van der Waals surface area contributed by atoms with E-state index in [0.29, 0.717) is 10.2 Å². The maximum absolute atomic E-state index is 11.7. The van der Waals surface area contributed by atoms with Gasteiger partial charge in [0.05, 0.1) is 11.6 Å². The predicted octanol–water partition coefficient (Wildman–Crippen LogP) is 1.16. The molecule has 0 bridgehead atoms. The van der Waals surface area contributed by atoms with Crippen LogP contribution in [0.1, 0.15) is 16.1 Å². The van der Waals surface area contributed by atoms with Gasteiger partial charge in [0.15, 0.2) is 5.75 Å². The van der Waals surface area contributed by atoms with Crippen LogP contribution in [-0.2, 0) is 7.05 Å². The number of methoxy groups -OCH3 is 1. The van der Waals surface area contributed by atoms with Gasteiger partial charge in [-0.1, -0.05) is 0 Å². The Morgan fingerprint density at radius 2 is 2.07 bits per heavy atom. The van der Waals surface area contributed by atoms with E-state index in [4.69, 9.17) is 9.84 Å². The number of carboxylic acid groups (broad SMARTS) is 1. The highest BCUT2D eigenvalue weighted by Gasteiger charge is 2.22. The Bertz CT molecular complexity index is 478. The second-order valence-electron chi connectivity index (χ2n) is 2.98. The Labute approximate surface area is 94.4 Å². The van der Waals surface area contributed by atoms with Gasteiger partial charge in [0.2, 0.25) is 0 Å². The maximum Gasteiger partial charge on any atom is 0.340 e. The average Bonchev–Trinajstić information content (AvgIpc) is 2.19. The number of hydrogen-bond donors (Lipinski definition) is 1. The lowest BCUT2D eigenvalue weighted by atomic mass is 10.2. The highest BCUT2D eigenvalue weighted by Crippen LogP contribution is 2.26. The van der Waals surface area contributed by atoms with Crippen LogP contribution in [0.5, 0.6) is 5.75 Å². The quantitative estimate of drug-likeness (QED) is 0.880. The van der Waals surface area contributed by atoms with Gasteiger partial charge in [-0.2, -0.15) is 0 Å². The lowest BCUT2D eigenvalue weighted by Crippen LogP contribution is -2.24. The number of ether oxygens (including phenoxy) is 1. The molecule has 1 aromatic heterocycles. The fraction of sp³-hybridized carbons (Fsp3) is 0.333. The number of halogens is 1. The van der Waals surface area contributed by atoms with E-state index in [1.165, 1.54) is 11.7 Å². The van der Waals surface area contributed by atoms with E-state index >= 15 is 0 Å². The van der Waals surface area contributed by atoms with Crippen molar-refractivity contribution in [3.63, 3.8) is 0 Å². The lowest BCUT2D eigenvalue weighted by Gasteiger charge is -2.12. The molecule has 0 fully saturated rings. The normalized spacial score (nSPS) is 10.1. The predicted molar refractivity (Wildman–Crippen MR) is 57.6 cm³/mol. The molecule has 1 N–H and O–H groups in total. The molecule has 1 rings (SSSR count). The molecule has 82 valence electrons. The first kappa shape index (κ1) is 11.8. The Balaban J connectivity index is 3.78. The third kappa shape index (κ3) is 1.77. The minimum Gasteiger partial charge on any atom is -0.490 e. The van der Waals surface area contributed by atoms with Crippen molar-refractivity contribution in [2.24, 2.45) is 7.05 Å². The fourth-order valence-corrected chi connectivity index (χ4v) is 1.84. The van der Waals surface area contributed by atoms with E-state index in [1.54, 1.807) is 14.0 Å². The zero-order chi connectivity index (χ0) is 11.7. The summed E-state index contributed by atoms with van der Waals surface area (Å²) in [6, 6.07) is 0. The van der Waals surface area contributed by atoms with E-state index in [0.717, 1.165) is 0 Å². The van der Waals surface area contributed by atoms with Crippen molar-refractivity contribution in [1.82, 2.24) is 4.57 Å². The van der Waals surface area contributed by atoms with Crippen molar-refractivity contribution in [3.05, 3.63) is 26.1 Å². The summed E-state index contributed by atoms with van der Waals surface area (Å²) in [7, 11) is 2.82. The van der Waals surface area contributed by atoms with Gasteiger partial charge in [0.1, 0.15) is 5.56 Å². The number of aromatic carboxylic acids is 1. The summed E-state index contributed by atoms with van der Waals surface area (Å²) in [5.41, 5.74) is -0.0631. The zero-order valence-electron chi connectivity index (χ0n) is 8.50. The third-order valence-corrected chi connectivity index (χ3v) is 3.15. The van der Waals surface area contributed by atoms with Gasteiger partial charge in [0.25, 0.3) is 5.56 Å². The lowest BCUT2D eigenvalue weighted by molar-refractivity contribution is 0.0691. The molecule has 0 atom stereocenters. The van der Waals surface area contributed by atoms with Crippen LogP contribution in [0.2, 0.25) is 0 Å². The molecule has 0 aliphatic rings. The maximum atomic E-state index is 11.7. The van der Waals surface area contributed by atoms with E-state index in [2.05, 4.69) is 15.9 Å². The Morgan fingerprint density at radius 1 is 1.53 bits per heavy atom. The summed E-state index contributed by atoms with van der Waals surface area (Å²) >= 11 is 3.14. The minimum atomic E-state index is -1.19. The van der Waals surface area contributed by atoms with Crippen LogP contribution < -0.4 is 10.3 Å². The van der Waals surface area contributed by atoms with Crippen molar-refractivity contribution in [1.29, 1.82) is 0 Å². The van der Waals surface area contributed by atoms with Crippen molar-refractivity contribution in [2.75, 3.05) is 7.11 Å². The molecular weight excluding hydrogens is 266 g/mol. The van der Waals surface area contributed by atoms with Crippen LogP contribution in [0.4, 0.5) is 0 Å². The first-order valence-electron chi connectivity index (χ1n) is 4.08. The van der Waals surface area contributed by atoms with E-state index in [1.807, 2.05) is 0 Å². The van der Waals surface area contributed by atoms with E-state index in [-0.39, 0.29) is 11.3 Å². The summed E-state index contributed by atoms with van der Waals surface area (Å²) in [6.45, 7) is 1.65. The molecule has 0 aromatic carbocycles. The standard InChI is InChI=1S/C9H10BrNO4/c1-4-6(10)5(9(13)14)7(15-3)8(12)11(4)2/h1-3H3,(H,13,14). The number of carbonyl (C=O) groups is 1. The monoisotopic (exact) mass is 275 g/mol. The van der Waals surface area contributed by atoms with Crippen molar-refractivity contribution in [3.8, 4) is 5.75 Å². The van der Waals surface area contributed by atoms with E-state index < -0.39 is 11.5 Å². The van der Waals surface area contributed by atoms with Gasteiger partial charge in [-0.3, -0.25) is 4.79 Å². The molecule has 0 aliphatic carbocycles. The number of hydrogen-bond acceptors (Lipinski definition) is 3. The highest BCUT2D eigenvalue weighted by atomic mass is 79.9. The Kier molecular flexibility index (Phi) is 3.18. The largest absolute Gasteiger partial charge is 0.490 e. The van der Waals surface area contributed by atoms with Gasteiger partial charge in [-0.05, 0) is 22.9 Å². The van der Waals surface area contributed by atoms with Gasteiger partial charge >= 0.3 is 5.97 Å². The molecule has 0 amide bonds. The Hall–Kier alpha value is -1.30. The molecule has 0 spiro atoms. The molecule has 1 heterocycles. The topological polar surface area (TPSA) is 68.5 Å². The number of pyridine rings is 1. The highest BCUT2D eigenvalue weighted by molar-refractivity contribution is 9.10. The summed E-state index contributed by atoms with van der Waals surface area (Å²) in [6.07, 6.45) is 0. The van der Waals surface area contributed by atoms with Crippen molar-refractivity contribution < 1.29 is 14.6 Å². The molecule has 0 unspecified atom stereocenters. The molecule has 0 radical (unpaired) electrons. The van der Waals surface area contributed by atoms with Crippen molar-refractivity contribution in [2.45, 2.75) is 6.92 Å². The second-order valence-corrected chi connectivity index (χ2v) is 3.77. The number of carboxylic acids is 1. The molecule has 0 aliphatic heterocycles. The van der Waals surface area contributed by atoms with Crippen LogP contribution in [0, 0.1) is 6.92 Å².